The first kappa shape index (κ1) is 15.9. The number of hydrogen-bond donors (Lipinski definition) is 2. The quantitative estimate of drug-likeness (QED) is 0.754. The summed E-state index contributed by atoms with van der Waals surface area (Å²) in [5.41, 5.74) is 1.38. The first-order valence-electron chi connectivity index (χ1n) is 7.60. The number of hydrogen-bond acceptors (Lipinski definition) is 5. The van der Waals surface area contributed by atoms with Crippen LogP contribution in [-0.4, -0.2) is 24.2 Å². The van der Waals surface area contributed by atoms with E-state index in [2.05, 4.69) is 15.3 Å². The number of aromatic amines is 1. The van der Waals surface area contributed by atoms with E-state index in [1.807, 2.05) is 43.3 Å². The minimum atomic E-state index is -0.173. The number of H-pyrrole nitrogens is 1. The van der Waals surface area contributed by atoms with E-state index in [0.29, 0.717) is 16.9 Å². The van der Waals surface area contributed by atoms with Crippen LogP contribution in [0.25, 0.3) is 10.9 Å². The lowest BCUT2D eigenvalue weighted by atomic mass is 10.1. The maximum Gasteiger partial charge on any atom is 0.260 e. The highest BCUT2D eigenvalue weighted by atomic mass is 16.5. The molecule has 0 amide bonds. The fourth-order valence-electron chi connectivity index (χ4n) is 2.62. The number of rotatable bonds is 5. The van der Waals surface area contributed by atoms with Crippen molar-refractivity contribution in [2.24, 2.45) is 0 Å². The van der Waals surface area contributed by atoms with Crippen molar-refractivity contribution < 1.29 is 9.47 Å². The summed E-state index contributed by atoms with van der Waals surface area (Å²) >= 11 is 0. The Bertz CT molecular complexity index is 921. The smallest absolute Gasteiger partial charge is 0.260 e. The van der Waals surface area contributed by atoms with Gasteiger partial charge in [-0.05, 0) is 37.3 Å². The Morgan fingerprint density at radius 1 is 1.12 bits per heavy atom. The molecule has 6 nitrogen and oxygen atoms in total. The number of fused-ring (bicyclic) bond motifs is 1. The first-order valence-corrected chi connectivity index (χ1v) is 7.60. The van der Waals surface area contributed by atoms with E-state index < -0.39 is 0 Å². The molecule has 1 atom stereocenters. The van der Waals surface area contributed by atoms with Crippen molar-refractivity contribution in [2.75, 3.05) is 19.5 Å². The van der Waals surface area contributed by atoms with Gasteiger partial charge in [-0.2, -0.15) is 0 Å². The zero-order chi connectivity index (χ0) is 17.1. The van der Waals surface area contributed by atoms with Crippen LogP contribution in [-0.2, 0) is 0 Å². The summed E-state index contributed by atoms with van der Waals surface area (Å²) in [5, 5.41) is 3.78. The van der Waals surface area contributed by atoms with Gasteiger partial charge in [-0.25, -0.2) is 4.98 Å². The maximum atomic E-state index is 12.2. The topological polar surface area (TPSA) is 76.2 Å². The predicted molar refractivity (Wildman–Crippen MR) is 93.9 cm³/mol. The Hall–Kier alpha value is -3.02. The third-order valence-corrected chi connectivity index (χ3v) is 3.87. The highest BCUT2D eigenvalue weighted by Crippen LogP contribution is 2.30. The average Bonchev–Trinajstić information content (AvgIpc) is 2.61. The maximum absolute atomic E-state index is 12.2. The SMILES string of the molecule is COc1ccc(OC)c(C(C)Nc2nc3ccccc3c(=O)[nH]2)c1. The van der Waals surface area contributed by atoms with Crippen molar-refractivity contribution >= 4 is 16.9 Å². The first-order chi connectivity index (χ1) is 11.6. The fraction of sp³-hybridized carbons (Fsp3) is 0.222. The summed E-state index contributed by atoms with van der Waals surface area (Å²) in [7, 11) is 3.24. The van der Waals surface area contributed by atoms with Crippen molar-refractivity contribution in [2.45, 2.75) is 13.0 Å². The lowest BCUT2D eigenvalue weighted by Crippen LogP contribution is -2.16. The molecule has 124 valence electrons. The van der Waals surface area contributed by atoms with E-state index in [9.17, 15) is 4.79 Å². The van der Waals surface area contributed by atoms with Crippen LogP contribution in [0.1, 0.15) is 18.5 Å². The molecule has 0 bridgehead atoms. The lowest BCUT2D eigenvalue weighted by Gasteiger charge is -2.18. The molecule has 0 saturated carbocycles. The summed E-state index contributed by atoms with van der Waals surface area (Å²) in [4.78, 5) is 19.4. The van der Waals surface area contributed by atoms with Crippen molar-refractivity contribution in [3.63, 3.8) is 0 Å². The summed E-state index contributed by atoms with van der Waals surface area (Å²) in [6.45, 7) is 1.96. The Kier molecular flexibility index (Phi) is 4.37. The second-order valence-electron chi connectivity index (χ2n) is 5.41. The van der Waals surface area contributed by atoms with Gasteiger partial charge in [-0.3, -0.25) is 9.78 Å². The molecule has 1 aromatic heterocycles. The van der Waals surface area contributed by atoms with Crippen LogP contribution in [0.4, 0.5) is 5.95 Å². The number of aromatic nitrogens is 2. The third-order valence-electron chi connectivity index (χ3n) is 3.87. The summed E-state index contributed by atoms with van der Waals surface area (Å²) in [6.07, 6.45) is 0. The summed E-state index contributed by atoms with van der Waals surface area (Å²) in [6, 6.07) is 12.7. The molecule has 1 unspecified atom stereocenters. The van der Waals surface area contributed by atoms with Crippen LogP contribution in [0.15, 0.2) is 47.3 Å². The third kappa shape index (κ3) is 3.03. The zero-order valence-corrected chi connectivity index (χ0v) is 13.8. The average molecular weight is 325 g/mol. The van der Waals surface area contributed by atoms with E-state index in [1.165, 1.54) is 0 Å². The van der Waals surface area contributed by atoms with Crippen LogP contribution in [0.2, 0.25) is 0 Å². The largest absolute Gasteiger partial charge is 0.497 e. The molecular weight excluding hydrogens is 306 g/mol. The van der Waals surface area contributed by atoms with Gasteiger partial charge in [0.1, 0.15) is 11.5 Å². The van der Waals surface area contributed by atoms with Gasteiger partial charge in [0.2, 0.25) is 5.95 Å². The number of methoxy groups -OCH3 is 2. The van der Waals surface area contributed by atoms with Crippen molar-refractivity contribution in [3.8, 4) is 11.5 Å². The van der Waals surface area contributed by atoms with Gasteiger partial charge in [0.15, 0.2) is 0 Å². The van der Waals surface area contributed by atoms with Crippen LogP contribution in [0, 0.1) is 0 Å². The van der Waals surface area contributed by atoms with E-state index in [4.69, 9.17) is 9.47 Å². The molecule has 0 saturated heterocycles. The lowest BCUT2D eigenvalue weighted by molar-refractivity contribution is 0.397. The Morgan fingerprint density at radius 3 is 2.67 bits per heavy atom. The van der Waals surface area contributed by atoms with Gasteiger partial charge in [0.25, 0.3) is 5.56 Å². The minimum absolute atomic E-state index is 0.139. The predicted octanol–water partition coefficient (Wildman–Crippen LogP) is 3.11. The number of nitrogens with zero attached hydrogens (tertiary/aromatic N) is 1. The molecule has 0 aliphatic carbocycles. The normalized spacial score (nSPS) is 12.0. The molecule has 0 aliphatic rings. The molecule has 0 aliphatic heterocycles. The molecule has 6 heteroatoms. The molecule has 0 fully saturated rings. The van der Waals surface area contributed by atoms with Crippen molar-refractivity contribution in [1.82, 2.24) is 9.97 Å². The Labute approximate surface area is 139 Å². The molecule has 2 aromatic carbocycles. The molecule has 2 N–H and O–H groups in total. The van der Waals surface area contributed by atoms with E-state index >= 15 is 0 Å². The van der Waals surface area contributed by atoms with E-state index in [0.717, 1.165) is 17.1 Å². The van der Waals surface area contributed by atoms with Gasteiger partial charge in [0.05, 0.1) is 31.2 Å². The second-order valence-corrected chi connectivity index (χ2v) is 5.41. The highest BCUT2D eigenvalue weighted by Gasteiger charge is 2.14. The number of ether oxygens (including phenoxy) is 2. The van der Waals surface area contributed by atoms with Gasteiger partial charge in [0, 0.05) is 5.56 Å². The molecule has 1 heterocycles. The monoisotopic (exact) mass is 325 g/mol. The fourth-order valence-corrected chi connectivity index (χ4v) is 2.62. The molecule has 3 rings (SSSR count). The molecule has 24 heavy (non-hydrogen) atoms. The highest BCUT2D eigenvalue weighted by molar-refractivity contribution is 5.78. The summed E-state index contributed by atoms with van der Waals surface area (Å²) < 4.78 is 10.7. The van der Waals surface area contributed by atoms with Gasteiger partial charge < -0.3 is 14.8 Å². The van der Waals surface area contributed by atoms with Crippen LogP contribution < -0.4 is 20.3 Å². The van der Waals surface area contributed by atoms with Gasteiger partial charge in [-0.15, -0.1) is 0 Å². The number of nitrogens with one attached hydrogen (secondary N) is 2. The number of para-hydroxylation sites is 1. The Balaban J connectivity index is 1.95. The molecule has 3 aromatic rings. The van der Waals surface area contributed by atoms with Gasteiger partial charge >= 0.3 is 0 Å². The molecular formula is C18H19N3O3. The number of anilines is 1. The van der Waals surface area contributed by atoms with Crippen molar-refractivity contribution in [3.05, 3.63) is 58.4 Å². The van der Waals surface area contributed by atoms with E-state index in [-0.39, 0.29) is 11.6 Å². The van der Waals surface area contributed by atoms with Crippen LogP contribution in [0.5, 0.6) is 11.5 Å². The van der Waals surface area contributed by atoms with E-state index in [1.54, 1.807) is 20.3 Å². The van der Waals surface area contributed by atoms with Crippen LogP contribution >= 0.6 is 0 Å². The minimum Gasteiger partial charge on any atom is -0.497 e. The van der Waals surface area contributed by atoms with Gasteiger partial charge in [-0.1, -0.05) is 12.1 Å². The Morgan fingerprint density at radius 2 is 1.92 bits per heavy atom. The summed E-state index contributed by atoms with van der Waals surface area (Å²) in [5.74, 6) is 1.88. The number of benzene rings is 2. The molecule has 0 radical (unpaired) electrons. The standard InChI is InChI=1S/C18H19N3O3/c1-11(14-10-12(23-2)8-9-16(14)24-3)19-18-20-15-7-5-4-6-13(15)17(22)21-18/h4-11H,1-3H3,(H2,19,20,21,22). The van der Waals surface area contributed by atoms with Crippen molar-refractivity contribution in [1.29, 1.82) is 0 Å². The second kappa shape index (κ2) is 6.62. The zero-order valence-electron chi connectivity index (χ0n) is 13.8. The van der Waals surface area contributed by atoms with Crippen LogP contribution in [0.3, 0.4) is 0 Å². The molecule has 0 spiro atoms.